The van der Waals surface area contributed by atoms with Crippen LogP contribution in [0.15, 0.2) is 36.8 Å². The minimum Gasteiger partial charge on any atom is -0.345 e. The van der Waals surface area contributed by atoms with Crippen LogP contribution >= 0.6 is 0 Å². The van der Waals surface area contributed by atoms with Crippen molar-refractivity contribution in [1.82, 2.24) is 19.3 Å². The van der Waals surface area contributed by atoms with E-state index in [1.165, 1.54) is 30.9 Å². The third-order valence-corrected chi connectivity index (χ3v) is 3.41. The molecule has 0 saturated heterocycles. The molecule has 0 spiro atoms. The molecule has 0 fully saturated rings. The first-order valence-electron chi connectivity index (χ1n) is 7.18. The van der Waals surface area contributed by atoms with Gasteiger partial charge < -0.3 is 10.2 Å². The summed E-state index contributed by atoms with van der Waals surface area (Å²) in [5, 5.41) is 2.29. The Morgan fingerprint density at radius 1 is 1.20 bits per heavy atom. The molecule has 0 atom stereocenters. The fraction of sp³-hybridized carbons (Fsp3) is 0.125. The highest BCUT2D eigenvalue weighted by atomic mass is 19.1. The summed E-state index contributed by atoms with van der Waals surface area (Å²) in [6, 6.07) is 3.17. The second kappa shape index (κ2) is 6.27. The fourth-order valence-electron chi connectivity index (χ4n) is 2.18. The Kier molecular flexibility index (Phi) is 4.14. The largest absolute Gasteiger partial charge is 0.345 e. The lowest BCUT2D eigenvalue weighted by Crippen LogP contribution is -2.23. The maximum Gasteiger partial charge on any atom is 0.276 e. The molecule has 128 valence electrons. The number of benzene rings is 1. The van der Waals surface area contributed by atoms with Crippen LogP contribution < -0.4 is 5.32 Å². The van der Waals surface area contributed by atoms with Gasteiger partial charge in [0.1, 0.15) is 17.3 Å². The molecule has 0 saturated carbocycles. The predicted octanol–water partition coefficient (Wildman–Crippen LogP) is 1.96. The highest BCUT2D eigenvalue weighted by Gasteiger charge is 2.20. The predicted molar refractivity (Wildman–Crippen MR) is 85.3 cm³/mol. The van der Waals surface area contributed by atoms with Gasteiger partial charge in [0.2, 0.25) is 5.78 Å². The Labute approximate surface area is 140 Å². The zero-order valence-electron chi connectivity index (χ0n) is 13.3. The van der Waals surface area contributed by atoms with Crippen LogP contribution in [0.1, 0.15) is 20.8 Å². The molecule has 0 bridgehead atoms. The molecule has 2 aromatic heterocycles. The van der Waals surface area contributed by atoms with Crippen LogP contribution in [0, 0.1) is 11.6 Å². The van der Waals surface area contributed by atoms with E-state index in [2.05, 4.69) is 15.3 Å². The number of rotatable bonds is 3. The molecule has 3 rings (SSSR count). The number of hydrogen-bond acceptors (Lipinski definition) is 4. The van der Waals surface area contributed by atoms with E-state index < -0.39 is 23.4 Å². The third kappa shape index (κ3) is 3.16. The molecule has 3 aromatic rings. The van der Waals surface area contributed by atoms with Crippen molar-refractivity contribution in [2.75, 3.05) is 19.4 Å². The minimum absolute atomic E-state index is 0.00270. The molecule has 0 aliphatic heterocycles. The molecule has 0 radical (unpaired) electrons. The molecular weight excluding hydrogens is 332 g/mol. The van der Waals surface area contributed by atoms with Gasteiger partial charge in [-0.05, 0) is 12.1 Å². The summed E-state index contributed by atoms with van der Waals surface area (Å²) in [6.45, 7) is 0. The molecule has 1 N–H and O–H groups in total. The van der Waals surface area contributed by atoms with Gasteiger partial charge in [-0.1, -0.05) is 0 Å². The summed E-state index contributed by atoms with van der Waals surface area (Å²) in [5.74, 6) is -3.06. The molecule has 7 nitrogen and oxygen atoms in total. The standard InChI is InChI=1S/C16H13F2N5O2/c1-22(2)15(25)9-6-12(11(18)7-10(9)17)20-14(24)13-8-23-5-3-4-19-16(23)21-13/h3-8H,1-2H3,(H,20,24). The van der Waals surface area contributed by atoms with Gasteiger partial charge in [-0.3, -0.25) is 14.0 Å². The van der Waals surface area contributed by atoms with Crippen molar-refractivity contribution in [2.45, 2.75) is 0 Å². The topological polar surface area (TPSA) is 79.6 Å². The minimum atomic E-state index is -1.01. The normalized spacial score (nSPS) is 10.7. The van der Waals surface area contributed by atoms with E-state index in [4.69, 9.17) is 0 Å². The van der Waals surface area contributed by atoms with Crippen molar-refractivity contribution in [3.05, 3.63) is 59.7 Å². The van der Waals surface area contributed by atoms with E-state index in [1.54, 1.807) is 12.3 Å². The molecule has 25 heavy (non-hydrogen) atoms. The van der Waals surface area contributed by atoms with Crippen LogP contribution in [-0.2, 0) is 0 Å². The van der Waals surface area contributed by atoms with Gasteiger partial charge >= 0.3 is 0 Å². The van der Waals surface area contributed by atoms with Gasteiger partial charge in [-0.25, -0.2) is 18.7 Å². The van der Waals surface area contributed by atoms with E-state index >= 15 is 0 Å². The number of nitrogens with zero attached hydrogens (tertiary/aromatic N) is 4. The Bertz CT molecular complexity index is 951. The summed E-state index contributed by atoms with van der Waals surface area (Å²) < 4.78 is 29.3. The van der Waals surface area contributed by atoms with E-state index in [1.807, 2.05) is 0 Å². The fourth-order valence-corrected chi connectivity index (χ4v) is 2.18. The molecule has 0 aliphatic carbocycles. The summed E-state index contributed by atoms with van der Waals surface area (Å²) >= 11 is 0. The molecular formula is C16H13F2N5O2. The van der Waals surface area contributed by atoms with Crippen molar-refractivity contribution in [2.24, 2.45) is 0 Å². The number of amides is 2. The lowest BCUT2D eigenvalue weighted by Gasteiger charge is -2.13. The van der Waals surface area contributed by atoms with Crippen molar-refractivity contribution in [3.63, 3.8) is 0 Å². The Hall–Kier alpha value is -3.36. The number of fused-ring (bicyclic) bond motifs is 1. The van der Waals surface area contributed by atoms with Crippen LogP contribution in [0.25, 0.3) is 5.78 Å². The summed E-state index contributed by atoms with van der Waals surface area (Å²) in [7, 11) is 2.88. The van der Waals surface area contributed by atoms with Crippen molar-refractivity contribution >= 4 is 23.3 Å². The van der Waals surface area contributed by atoms with E-state index in [0.717, 1.165) is 11.0 Å². The van der Waals surface area contributed by atoms with Gasteiger partial charge in [0.25, 0.3) is 11.8 Å². The lowest BCUT2D eigenvalue weighted by molar-refractivity contribution is 0.0822. The number of halogens is 2. The van der Waals surface area contributed by atoms with Crippen LogP contribution in [0.5, 0.6) is 0 Å². The van der Waals surface area contributed by atoms with Gasteiger partial charge in [0.15, 0.2) is 0 Å². The Balaban J connectivity index is 1.92. The highest BCUT2D eigenvalue weighted by Crippen LogP contribution is 2.21. The van der Waals surface area contributed by atoms with Crippen molar-refractivity contribution in [1.29, 1.82) is 0 Å². The van der Waals surface area contributed by atoms with Gasteiger partial charge in [-0.15, -0.1) is 0 Å². The maximum atomic E-state index is 14.0. The highest BCUT2D eigenvalue weighted by molar-refractivity contribution is 6.04. The first-order chi connectivity index (χ1) is 11.9. The van der Waals surface area contributed by atoms with Gasteiger partial charge in [-0.2, -0.15) is 0 Å². The second-order valence-electron chi connectivity index (χ2n) is 5.42. The lowest BCUT2D eigenvalue weighted by atomic mass is 10.1. The number of carbonyl (C=O) groups is 2. The number of aromatic nitrogens is 3. The van der Waals surface area contributed by atoms with E-state index in [0.29, 0.717) is 11.8 Å². The molecule has 1 aromatic carbocycles. The quantitative estimate of drug-likeness (QED) is 0.787. The molecule has 0 aliphatic rings. The molecule has 9 heteroatoms. The SMILES string of the molecule is CN(C)C(=O)c1cc(NC(=O)c2cn3cccnc3n2)c(F)cc1F. The number of hydrogen-bond donors (Lipinski definition) is 1. The van der Waals surface area contributed by atoms with E-state index in [-0.39, 0.29) is 16.9 Å². The summed E-state index contributed by atoms with van der Waals surface area (Å²) in [4.78, 5) is 33.3. The number of anilines is 1. The van der Waals surface area contributed by atoms with Gasteiger partial charge in [0.05, 0.1) is 11.3 Å². The van der Waals surface area contributed by atoms with Crippen LogP contribution in [0.2, 0.25) is 0 Å². The van der Waals surface area contributed by atoms with Crippen LogP contribution in [0.4, 0.5) is 14.5 Å². The maximum absolute atomic E-state index is 14.0. The number of imidazole rings is 1. The van der Waals surface area contributed by atoms with Crippen molar-refractivity contribution < 1.29 is 18.4 Å². The average molecular weight is 345 g/mol. The van der Waals surface area contributed by atoms with Gasteiger partial charge in [0, 0.05) is 38.8 Å². The molecule has 2 heterocycles. The van der Waals surface area contributed by atoms with Crippen molar-refractivity contribution in [3.8, 4) is 0 Å². The number of carbonyl (C=O) groups excluding carboxylic acids is 2. The van der Waals surface area contributed by atoms with E-state index in [9.17, 15) is 18.4 Å². The third-order valence-electron chi connectivity index (χ3n) is 3.41. The second-order valence-corrected chi connectivity index (χ2v) is 5.42. The van der Waals surface area contributed by atoms with Crippen LogP contribution in [0.3, 0.4) is 0 Å². The zero-order valence-corrected chi connectivity index (χ0v) is 13.3. The van der Waals surface area contributed by atoms with Crippen LogP contribution in [-0.4, -0.2) is 45.2 Å². The first-order valence-corrected chi connectivity index (χ1v) is 7.18. The summed E-state index contributed by atoms with van der Waals surface area (Å²) in [6.07, 6.45) is 4.59. The zero-order chi connectivity index (χ0) is 18.1. The monoisotopic (exact) mass is 345 g/mol. The average Bonchev–Trinajstić information content (AvgIpc) is 3.00. The number of nitrogens with one attached hydrogen (secondary N) is 1. The smallest absolute Gasteiger partial charge is 0.276 e. The summed E-state index contributed by atoms with van der Waals surface area (Å²) in [5.41, 5.74) is -0.664. The molecule has 0 unspecified atom stereocenters. The first kappa shape index (κ1) is 16.5. The molecule has 2 amide bonds. The Morgan fingerprint density at radius 2 is 1.96 bits per heavy atom. The Morgan fingerprint density at radius 3 is 2.64 bits per heavy atom.